The molecule has 1 N–H and O–H groups in total. The van der Waals surface area contributed by atoms with E-state index in [2.05, 4.69) is 53.4 Å². The number of hydrogen-bond acceptors (Lipinski definition) is 5. The fraction of sp³-hybridized carbons (Fsp3) is 0.435. The first-order chi connectivity index (χ1) is 13.9. The molecule has 1 aliphatic carbocycles. The van der Waals surface area contributed by atoms with Crippen LogP contribution in [0.1, 0.15) is 59.4 Å². The second-order valence-electron chi connectivity index (χ2n) is 8.79. The number of fused-ring (bicyclic) bond motifs is 1. The molecule has 1 saturated heterocycles. The number of aryl methyl sites for hydroxylation is 2. The second kappa shape index (κ2) is 6.58. The van der Waals surface area contributed by atoms with Crippen LogP contribution in [0.15, 0.2) is 34.9 Å². The standard InChI is InChI=1S/C23H26N4O2/c1-14-5-4-6-16(11-14)17-7-10-27(12-17)22(28)18-13-29-21-19(18)20(24-15(2)25-21)26-23(3)8-9-23/h4-6,11,13,17H,7-10,12H2,1-3H3,(H,24,25,26). The first kappa shape index (κ1) is 18.2. The molecule has 0 radical (unpaired) electrons. The molecule has 29 heavy (non-hydrogen) atoms. The summed E-state index contributed by atoms with van der Waals surface area (Å²) in [6.45, 7) is 7.59. The molecule has 1 atom stereocenters. The maximum Gasteiger partial charge on any atom is 0.257 e. The van der Waals surface area contributed by atoms with Gasteiger partial charge in [-0.2, -0.15) is 4.98 Å². The van der Waals surface area contributed by atoms with E-state index in [4.69, 9.17) is 4.42 Å². The number of carbonyl (C=O) groups excluding carboxylic acids is 1. The van der Waals surface area contributed by atoms with Crippen LogP contribution >= 0.6 is 0 Å². The highest BCUT2D eigenvalue weighted by Crippen LogP contribution is 2.40. The van der Waals surface area contributed by atoms with Gasteiger partial charge in [0.05, 0.1) is 10.9 Å². The highest BCUT2D eigenvalue weighted by molar-refractivity contribution is 6.09. The first-order valence-corrected chi connectivity index (χ1v) is 10.3. The number of likely N-dealkylation sites (tertiary alicyclic amines) is 1. The number of anilines is 1. The Balaban J connectivity index is 1.44. The Morgan fingerprint density at radius 2 is 2.10 bits per heavy atom. The van der Waals surface area contributed by atoms with Crippen LogP contribution < -0.4 is 5.32 Å². The summed E-state index contributed by atoms with van der Waals surface area (Å²) in [5, 5.41) is 4.21. The summed E-state index contributed by atoms with van der Waals surface area (Å²) in [7, 11) is 0. The van der Waals surface area contributed by atoms with Gasteiger partial charge >= 0.3 is 0 Å². The number of carbonyl (C=O) groups is 1. The maximum atomic E-state index is 13.4. The molecule has 5 rings (SSSR count). The minimum atomic E-state index is -0.00430. The van der Waals surface area contributed by atoms with Crippen LogP contribution in [0.5, 0.6) is 0 Å². The van der Waals surface area contributed by atoms with Crippen molar-refractivity contribution >= 4 is 22.8 Å². The van der Waals surface area contributed by atoms with Gasteiger partial charge in [-0.3, -0.25) is 4.79 Å². The van der Waals surface area contributed by atoms with E-state index in [0.717, 1.165) is 32.4 Å². The van der Waals surface area contributed by atoms with Crippen molar-refractivity contribution in [2.45, 2.75) is 51.5 Å². The van der Waals surface area contributed by atoms with E-state index < -0.39 is 0 Å². The van der Waals surface area contributed by atoms with E-state index in [1.165, 1.54) is 11.1 Å². The predicted molar refractivity (Wildman–Crippen MR) is 112 cm³/mol. The Morgan fingerprint density at radius 1 is 1.28 bits per heavy atom. The van der Waals surface area contributed by atoms with Gasteiger partial charge in [-0.05, 0) is 45.6 Å². The summed E-state index contributed by atoms with van der Waals surface area (Å²) in [5.41, 5.74) is 3.64. The van der Waals surface area contributed by atoms with Gasteiger partial charge in [0.1, 0.15) is 17.9 Å². The Morgan fingerprint density at radius 3 is 2.86 bits per heavy atom. The van der Waals surface area contributed by atoms with Gasteiger partial charge in [-0.25, -0.2) is 4.98 Å². The van der Waals surface area contributed by atoms with Crippen molar-refractivity contribution in [3.63, 3.8) is 0 Å². The molecule has 2 aliphatic rings. The lowest BCUT2D eigenvalue weighted by Crippen LogP contribution is -2.28. The van der Waals surface area contributed by atoms with E-state index in [9.17, 15) is 4.79 Å². The van der Waals surface area contributed by atoms with Crippen molar-refractivity contribution in [1.82, 2.24) is 14.9 Å². The normalized spacial score (nSPS) is 20.2. The van der Waals surface area contributed by atoms with Gasteiger partial charge in [0.25, 0.3) is 5.91 Å². The molecule has 2 fully saturated rings. The number of nitrogens with one attached hydrogen (secondary N) is 1. The highest BCUT2D eigenvalue weighted by atomic mass is 16.3. The summed E-state index contributed by atoms with van der Waals surface area (Å²) in [6, 6.07) is 8.58. The molecular weight excluding hydrogens is 364 g/mol. The number of hydrogen-bond donors (Lipinski definition) is 1. The van der Waals surface area contributed by atoms with Crippen molar-refractivity contribution < 1.29 is 9.21 Å². The zero-order valence-corrected chi connectivity index (χ0v) is 17.2. The molecule has 1 aromatic carbocycles. The van der Waals surface area contributed by atoms with Crippen molar-refractivity contribution in [3.05, 3.63) is 53.0 Å². The highest BCUT2D eigenvalue weighted by Gasteiger charge is 2.39. The Kier molecular flexibility index (Phi) is 4.12. The molecule has 1 amide bonds. The maximum absolute atomic E-state index is 13.4. The van der Waals surface area contributed by atoms with E-state index in [1.807, 2.05) is 11.8 Å². The number of nitrogens with zero attached hydrogens (tertiary/aromatic N) is 3. The lowest BCUT2D eigenvalue weighted by atomic mass is 9.97. The van der Waals surface area contributed by atoms with Gasteiger partial charge in [-0.15, -0.1) is 0 Å². The SMILES string of the molecule is Cc1cccc(C2CCN(C(=O)c3coc4nc(C)nc(NC5(C)CC5)c34)C2)c1. The number of amides is 1. The third-order valence-corrected chi connectivity index (χ3v) is 6.18. The van der Waals surface area contributed by atoms with Crippen LogP contribution in [-0.2, 0) is 0 Å². The van der Waals surface area contributed by atoms with Crippen molar-refractivity contribution in [3.8, 4) is 0 Å². The number of aromatic nitrogens is 2. The van der Waals surface area contributed by atoms with Crippen molar-refractivity contribution in [2.24, 2.45) is 0 Å². The molecular formula is C23H26N4O2. The molecule has 1 saturated carbocycles. The molecule has 6 heteroatoms. The summed E-state index contributed by atoms with van der Waals surface area (Å²) < 4.78 is 5.67. The zero-order chi connectivity index (χ0) is 20.2. The second-order valence-corrected chi connectivity index (χ2v) is 8.79. The lowest BCUT2D eigenvalue weighted by Gasteiger charge is -2.18. The van der Waals surface area contributed by atoms with Gasteiger partial charge in [-0.1, -0.05) is 29.8 Å². The minimum absolute atomic E-state index is 0.00430. The molecule has 150 valence electrons. The average molecular weight is 390 g/mol. The fourth-order valence-electron chi connectivity index (χ4n) is 4.21. The van der Waals surface area contributed by atoms with E-state index in [1.54, 1.807) is 6.26 Å². The molecule has 0 bridgehead atoms. The average Bonchev–Trinajstić information content (AvgIpc) is 3.11. The summed E-state index contributed by atoms with van der Waals surface area (Å²) in [5.74, 6) is 1.71. The zero-order valence-electron chi connectivity index (χ0n) is 17.2. The largest absolute Gasteiger partial charge is 0.445 e. The molecule has 1 unspecified atom stereocenters. The van der Waals surface area contributed by atoms with Crippen LogP contribution in [0.3, 0.4) is 0 Å². The summed E-state index contributed by atoms with van der Waals surface area (Å²) >= 11 is 0. The topological polar surface area (TPSA) is 71.3 Å². The van der Waals surface area contributed by atoms with Gasteiger partial charge < -0.3 is 14.6 Å². The quantitative estimate of drug-likeness (QED) is 0.713. The molecule has 6 nitrogen and oxygen atoms in total. The Hall–Kier alpha value is -2.89. The van der Waals surface area contributed by atoms with Gasteiger partial charge in [0.2, 0.25) is 5.71 Å². The monoisotopic (exact) mass is 390 g/mol. The van der Waals surface area contributed by atoms with E-state index >= 15 is 0 Å². The third-order valence-electron chi connectivity index (χ3n) is 6.18. The molecule has 3 aromatic rings. The first-order valence-electron chi connectivity index (χ1n) is 10.3. The van der Waals surface area contributed by atoms with Crippen LogP contribution in [0.4, 0.5) is 5.82 Å². The molecule has 3 heterocycles. The Labute approximate surface area is 170 Å². The molecule has 2 aromatic heterocycles. The van der Waals surface area contributed by atoms with Crippen LogP contribution in [-0.4, -0.2) is 39.4 Å². The van der Waals surface area contributed by atoms with Crippen molar-refractivity contribution in [1.29, 1.82) is 0 Å². The summed E-state index contributed by atoms with van der Waals surface area (Å²) in [4.78, 5) is 24.3. The number of benzene rings is 1. The number of rotatable bonds is 4. The summed E-state index contributed by atoms with van der Waals surface area (Å²) in [6.07, 6.45) is 4.72. The lowest BCUT2D eigenvalue weighted by molar-refractivity contribution is 0.0791. The third kappa shape index (κ3) is 3.37. The molecule has 0 spiro atoms. The minimum Gasteiger partial charge on any atom is -0.445 e. The predicted octanol–water partition coefficient (Wildman–Crippen LogP) is 4.43. The Bertz CT molecular complexity index is 1100. The van der Waals surface area contributed by atoms with Gasteiger partial charge in [0, 0.05) is 24.5 Å². The van der Waals surface area contributed by atoms with Crippen LogP contribution in [0.25, 0.3) is 11.1 Å². The fourth-order valence-corrected chi connectivity index (χ4v) is 4.21. The van der Waals surface area contributed by atoms with Crippen molar-refractivity contribution in [2.75, 3.05) is 18.4 Å². The van der Waals surface area contributed by atoms with E-state index in [0.29, 0.717) is 34.2 Å². The van der Waals surface area contributed by atoms with Gasteiger partial charge in [0.15, 0.2) is 0 Å². The number of furan rings is 1. The molecule has 1 aliphatic heterocycles. The van der Waals surface area contributed by atoms with Crippen LogP contribution in [0, 0.1) is 13.8 Å². The smallest absolute Gasteiger partial charge is 0.257 e. The van der Waals surface area contributed by atoms with Crippen LogP contribution in [0.2, 0.25) is 0 Å². The van der Waals surface area contributed by atoms with E-state index in [-0.39, 0.29) is 11.4 Å².